The van der Waals surface area contributed by atoms with Gasteiger partial charge in [-0.05, 0) is 13.2 Å². The van der Waals surface area contributed by atoms with Gasteiger partial charge in [0.1, 0.15) is 0 Å². The lowest BCUT2D eigenvalue weighted by molar-refractivity contribution is 0.174. The average molecular weight is 119 g/mol. The molecule has 0 saturated carbocycles. The summed E-state index contributed by atoms with van der Waals surface area (Å²) >= 11 is 1.69. The summed E-state index contributed by atoms with van der Waals surface area (Å²) in [7, 11) is 0. The minimum atomic E-state index is 0.775. The van der Waals surface area contributed by atoms with E-state index >= 15 is 0 Å². The van der Waals surface area contributed by atoms with E-state index in [1.165, 1.54) is 0 Å². The molecule has 0 bridgehead atoms. The molecule has 0 saturated heterocycles. The fourth-order valence-corrected chi connectivity index (χ4v) is 0.466. The van der Waals surface area contributed by atoms with Gasteiger partial charge < -0.3 is 4.74 Å². The Morgan fingerprint density at radius 1 is 1.71 bits per heavy atom. The van der Waals surface area contributed by atoms with Crippen molar-refractivity contribution in [1.82, 2.24) is 0 Å². The summed E-state index contributed by atoms with van der Waals surface area (Å²) in [6, 6.07) is 0. The summed E-state index contributed by atoms with van der Waals surface area (Å²) in [5.74, 6) is 2.03. The van der Waals surface area contributed by atoms with Crippen LogP contribution in [-0.2, 0) is 4.74 Å². The molecule has 0 N–H and O–H groups in total. The molecule has 0 atom stereocenters. The van der Waals surface area contributed by atoms with E-state index in [1.54, 1.807) is 11.8 Å². The molecule has 0 aliphatic rings. The van der Waals surface area contributed by atoms with Gasteiger partial charge in [0.05, 0.1) is 6.61 Å². The van der Waals surface area contributed by atoms with E-state index in [0.29, 0.717) is 0 Å². The van der Waals surface area contributed by atoms with Crippen molar-refractivity contribution in [2.75, 3.05) is 19.5 Å². The van der Waals surface area contributed by atoms with Crippen LogP contribution in [0.2, 0.25) is 0 Å². The topological polar surface area (TPSA) is 9.23 Å². The molecule has 0 amide bonds. The molecule has 0 aliphatic heterocycles. The van der Waals surface area contributed by atoms with E-state index in [0.717, 1.165) is 13.2 Å². The van der Waals surface area contributed by atoms with Crippen LogP contribution in [0.1, 0.15) is 6.92 Å². The molecule has 0 heterocycles. The van der Waals surface area contributed by atoms with Crippen molar-refractivity contribution in [3.8, 4) is 0 Å². The van der Waals surface area contributed by atoms with Crippen LogP contribution in [0.15, 0.2) is 0 Å². The van der Waals surface area contributed by atoms with Gasteiger partial charge in [-0.15, -0.1) is 0 Å². The van der Waals surface area contributed by atoms with Gasteiger partial charge in [-0.2, -0.15) is 11.8 Å². The molecule has 0 aliphatic carbocycles. The van der Waals surface area contributed by atoms with Gasteiger partial charge in [0.25, 0.3) is 0 Å². The number of ether oxygens (including phenoxy) is 1. The maximum absolute atomic E-state index is 5.00. The van der Waals surface area contributed by atoms with Crippen LogP contribution >= 0.6 is 11.8 Å². The van der Waals surface area contributed by atoms with E-state index < -0.39 is 0 Å². The number of thioether (sulfide) groups is 1. The van der Waals surface area contributed by atoms with E-state index in [2.05, 4.69) is 0 Å². The molecule has 7 heavy (non-hydrogen) atoms. The maximum atomic E-state index is 5.00. The first kappa shape index (κ1) is 7.31. The van der Waals surface area contributed by atoms with Crippen LogP contribution < -0.4 is 0 Å². The lowest BCUT2D eigenvalue weighted by Crippen LogP contribution is -1.89. The average Bonchev–Trinajstić information content (AvgIpc) is 1.69. The Balaban J connectivity index is 2.45. The van der Waals surface area contributed by atoms with Crippen LogP contribution in [0.3, 0.4) is 0 Å². The Kier molecular flexibility index (Phi) is 6.59. The molecule has 1 radical (unpaired) electrons. The van der Waals surface area contributed by atoms with Gasteiger partial charge in [0, 0.05) is 12.4 Å². The Hall–Kier alpha value is 0.310. The molecular weight excluding hydrogens is 108 g/mol. The molecule has 2 heteroatoms. The SMILES string of the molecule is CCOC[CH]SC. The molecule has 1 nitrogen and oxygen atoms in total. The molecule has 0 unspecified atom stereocenters. The number of hydrogen-bond acceptors (Lipinski definition) is 2. The quantitative estimate of drug-likeness (QED) is 0.519. The van der Waals surface area contributed by atoms with Crippen LogP contribution in [-0.4, -0.2) is 19.5 Å². The number of rotatable bonds is 4. The smallest absolute Gasteiger partial charge is 0.0596 e. The van der Waals surface area contributed by atoms with Gasteiger partial charge in [0.15, 0.2) is 0 Å². The molecule has 0 fully saturated rings. The Morgan fingerprint density at radius 3 is 2.86 bits per heavy atom. The monoisotopic (exact) mass is 119 g/mol. The highest BCUT2D eigenvalue weighted by atomic mass is 32.2. The highest BCUT2D eigenvalue weighted by Crippen LogP contribution is 1.96. The largest absolute Gasteiger partial charge is 0.381 e. The minimum Gasteiger partial charge on any atom is -0.381 e. The second-order valence-corrected chi connectivity index (χ2v) is 1.87. The molecular formula is C5H11OS. The van der Waals surface area contributed by atoms with Crippen LogP contribution in [0, 0.1) is 5.75 Å². The van der Waals surface area contributed by atoms with Gasteiger partial charge >= 0.3 is 0 Å². The third-order valence-electron chi connectivity index (χ3n) is 0.557. The lowest BCUT2D eigenvalue weighted by atomic mass is 10.8. The van der Waals surface area contributed by atoms with E-state index in [1.807, 2.05) is 18.9 Å². The summed E-state index contributed by atoms with van der Waals surface area (Å²) in [5.41, 5.74) is 0. The van der Waals surface area contributed by atoms with E-state index in [4.69, 9.17) is 4.74 Å². The molecule has 0 spiro atoms. The van der Waals surface area contributed by atoms with Crippen molar-refractivity contribution in [1.29, 1.82) is 0 Å². The zero-order valence-electron chi connectivity index (χ0n) is 4.81. The third kappa shape index (κ3) is 6.31. The van der Waals surface area contributed by atoms with E-state index in [-0.39, 0.29) is 0 Å². The fraction of sp³-hybridized carbons (Fsp3) is 0.800. The molecule has 0 aromatic carbocycles. The first-order valence-electron chi connectivity index (χ1n) is 2.34. The zero-order valence-corrected chi connectivity index (χ0v) is 5.62. The van der Waals surface area contributed by atoms with Gasteiger partial charge in [-0.3, -0.25) is 0 Å². The van der Waals surface area contributed by atoms with Crippen LogP contribution in [0.25, 0.3) is 0 Å². The Morgan fingerprint density at radius 2 is 2.43 bits per heavy atom. The van der Waals surface area contributed by atoms with Gasteiger partial charge in [-0.25, -0.2) is 0 Å². The summed E-state index contributed by atoms with van der Waals surface area (Å²) < 4.78 is 5.00. The first-order chi connectivity index (χ1) is 3.41. The molecule has 0 rings (SSSR count). The summed E-state index contributed by atoms with van der Waals surface area (Å²) in [4.78, 5) is 0. The summed E-state index contributed by atoms with van der Waals surface area (Å²) in [5, 5.41) is 0. The van der Waals surface area contributed by atoms with Crippen LogP contribution in [0.4, 0.5) is 0 Å². The molecule has 43 valence electrons. The Bertz CT molecular complexity index is 27.3. The van der Waals surface area contributed by atoms with Crippen molar-refractivity contribution in [3.63, 3.8) is 0 Å². The van der Waals surface area contributed by atoms with Crippen LogP contribution in [0.5, 0.6) is 0 Å². The minimum absolute atomic E-state index is 0.775. The second-order valence-electron chi connectivity index (χ2n) is 1.06. The van der Waals surface area contributed by atoms with Gasteiger partial charge in [0.2, 0.25) is 0 Å². The standard InChI is InChI=1S/C5H11OS/c1-3-6-4-5-7-2/h5H,3-4H2,1-2H3. The van der Waals surface area contributed by atoms with Crippen molar-refractivity contribution in [2.45, 2.75) is 6.92 Å². The second kappa shape index (κ2) is 6.31. The normalized spacial score (nSPS) is 9.43. The third-order valence-corrected chi connectivity index (χ3v) is 1.03. The summed E-state index contributed by atoms with van der Waals surface area (Å²) in [6.07, 6.45) is 2.03. The zero-order chi connectivity index (χ0) is 5.54. The predicted octanol–water partition coefficient (Wildman–Crippen LogP) is 1.55. The Labute approximate surface area is 49.4 Å². The molecule has 0 aromatic rings. The summed E-state index contributed by atoms with van der Waals surface area (Å²) in [6.45, 7) is 3.59. The predicted molar refractivity (Wildman–Crippen MR) is 34.3 cm³/mol. The van der Waals surface area contributed by atoms with Crippen molar-refractivity contribution in [2.24, 2.45) is 0 Å². The highest BCUT2D eigenvalue weighted by molar-refractivity contribution is 8.00. The maximum Gasteiger partial charge on any atom is 0.0596 e. The van der Waals surface area contributed by atoms with Crippen molar-refractivity contribution >= 4 is 11.8 Å². The van der Waals surface area contributed by atoms with Crippen molar-refractivity contribution in [3.05, 3.63) is 5.75 Å². The first-order valence-corrected chi connectivity index (χ1v) is 3.62. The lowest BCUT2D eigenvalue weighted by Gasteiger charge is -1.94. The highest BCUT2D eigenvalue weighted by Gasteiger charge is 1.79. The van der Waals surface area contributed by atoms with Gasteiger partial charge in [-0.1, -0.05) is 0 Å². The fourth-order valence-electron chi connectivity index (χ4n) is 0.234. The van der Waals surface area contributed by atoms with Crippen molar-refractivity contribution < 1.29 is 4.74 Å². The number of hydrogen-bond donors (Lipinski definition) is 0. The van der Waals surface area contributed by atoms with E-state index in [9.17, 15) is 0 Å². The molecule has 0 aromatic heterocycles.